The zero-order valence-electron chi connectivity index (χ0n) is 21.3. The molecule has 5 atom stereocenters. The number of benzene rings is 1. The Kier molecular flexibility index (Phi) is 7.28. The standard InChI is InChI=1S/C28H38FNO5/c1-6-28(12-16(2)9-17(3)13-28)15-35-23-11-22(29)21(10-20(23)19-7-8-19)26(31)30-14-24(34-5)18(4)25(30)27(32)33/h10-11,17-19,24-25H,2,6-9,12-15H2,1,3-5H3,(H,32,33)/t17?,18?,24-,25-,28?/m0/s1. The van der Waals surface area contributed by atoms with Crippen LogP contribution in [0.4, 0.5) is 4.39 Å². The molecule has 1 saturated heterocycles. The topological polar surface area (TPSA) is 76.1 Å². The van der Waals surface area contributed by atoms with Crippen molar-refractivity contribution in [3.63, 3.8) is 0 Å². The van der Waals surface area contributed by atoms with Crippen LogP contribution in [0.2, 0.25) is 0 Å². The molecule has 3 aliphatic rings. The van der Waals surface area contributed by atoms with Crippen LogP contribution in [-0.4, -0.2) is 54.3 Å². The van der Waals surface area contributed by atoms with Crippen molar-refractivity contribution in [2.75, 3.05) is 20.3 Å². The zero-order valence-corrected chi connectivity index (χ0v) is 21.3. The third-order valence-electron chi connectivity index (χ3n) is 8.29. The lowest BCUT2D eigenvalue weighted by molar-refractivity contribution is -0.142. The van der Waals surface area contributed by atoms with Crippen LogP contribution in [-0.2, 0) is 9.53 Å². The summed E-state index contributed by atoms with van der Waals surface area (Å²) in [5.41, 5.74) is 1.96. The number of ether oxygens (including phenoxy) is 2. The van der Waals surface area contributed by atoms with E-state index in [1.54, 1.807) is 13.0 Å². The van der Waals surface area contributed by atoms with E-state index < -0.39 is 35.8 Å². The second-order valence-electron chi connectivity index (χ2n) is 11.1. The summed E-state index contributed by atoms with van der Waals surface area (Å²) < 4.78 is 27.1. The molecule has 35 heavy (non-hydrogen) atoms. The van der Waals surface area contributed by atoms with Crippen LogP contribution in [0, 0.1) is 23.1 Å². The lowest BCUT2D eigenvalue weighted by Gasteiger charge is -2.40. The molecular formula is C28H38FNO5. The number of carbonyl (C=O) groups excluding carboxylic acids is 1. The highest BCUT2D eigenvalue weighted by Gasteiger charge is 2.47. The Hall–Kier alpha value is -2.41. The Morgan fingerprint density at radius 1 is 1.29 bits per heavy atom. The van der Waals surface area contributed by atoms with E-state index in [2.05, 4.69) is 20.4 Å². The minimum Gasteiger partial charge on any atom is -0.493 e. The summed E-state index contributed by atoms with van der Waals surface area (Å²) in [5, 5.41) is 9.74. The molecule has 1 aromatic carbocycles. The molecule has 6 nitrogen and oxygen atoms in total. The Balaban J connectivity index is 1.60. The lowest BCUT2D eigenvalue weighted by atomic mass is 9.67. The average Bonchev–Trinajstić information content (AvgIpc) is 3.58. The van der Waals surface area contributed by atoms with Crippen molar-refractivity contribution in [3.8, 4) is 5.75 Å². The number of amides is 1. The number of aliphatic carboxylic acids is 1. The summed E-state index contributed by atoms with van der Waals surface area (Å²) in [6.07, 6.45) is 5.47. The van der Waals surface area contributed by atoms with Gasteiger partial charge in [-0.3, -0.25) is 4.79 Å². The SMILES string of the molecule is C=C1CC(C)CC(CC)(COc2cc(F)c(C(=O)N3C[C@H](OC)C(C)[C@H]3C(=O)O)cc2C2CC2)C1. The minimum absolute atomic E-state index is 0.0178. The fraction of sp³-hybridized carbons (Fsp3) is 0.643. The number of allylic oxidation sites excluding steroid dienone is 1. The monoisotopic (exact) mass is 487 g/mol. The summed E-state index contributed by atoms with van der Waals surface area (Å²) in [4.78, 5) is 26.5. The third-order valence-corrected chi connectivity index (χ3v) is 8.29. The van der Waals surface area contributed by atoms with Gasteiger partial charge in [-0.1, -0.05) is 32.9 Å². The van der Waals surface area contributed by atoms with Gasteiger partial charge in [0.15, 0.2) is 0 Å². The predicted octanol–water partition coefficient (Wildman–Crippen LogP) is 5.41. The van der Waals surface area contributed by atoms with Gasteiger partial charge >= 0.3 is 5.97 Å². The second kappa shape index (κ2) is 9.92. The van der Waals surface area contributed by atoms with Crippen molar-refractivity contribution < 1.29 is 28.6 Å². The van der Waals surface area contributed by atoms with Crippen molar-refractivity contribution in [3.05, 3.63) is 41.2 Å². The molecule has 0 bridgehead atoms. The molecule has 3 fully saturated rings. The van der Waals surface area contributed by atoms with Gasteiger partial charge < -0.3 is 19.5 Å². The van der Waals surface area contributed by atoms with E-state index in [-0.39, 0.29) is 23.4 Å². The summed E-state index contributed by atoms with van der Waals surface area (Å²) >= 11 is 0. The fourth-order valence-corrected chi connectivity index (χ4v) is 6.24. The molecular weight excluding hydrogens is 449 g/mol. The van der Waals surface area contributed by atoms with Crippen molar-refractivity contribution in [2.24, 2.45) is 17.3 Å². The van der Waals surface area contributed by atoms with E-state index in [0.29, 0.717) is 18.3 Å². The Bertz CT molecular complexity index is 1010. The molecule has 7 heteroatoms. The number of carboxylic acid groups (broad SMARTS) is 1. The van der Waals surface area contributed by atoms with Gasteiger partial charge in [0.25, 0.3) is 5.91 Å². The molecule has 4 rings (SSSR count). The fourth-order valence-electron chi connectivity index (χ4n) is 6.24. The van der Waals surface area contributed by atoms with E-state index >= 15 is 4.39 Å². The van der Waals surface area contributed by atoms with Crippen LogP contribution in [0.5, 0.6) is 5.75 Å². The van der Waals surface area contributed by atoms with Gasteiger partial charge in [0.1, 0.15) is 17.6 Å². The maximum absolute atomic E-state index is 15.4. The van der Waals surface area contributed by atoms with Gasteiger partial charge in [0.2, 0.25) is 0 Å². The minimum atomic E-state index is -1.11. The van der Waals surface area contributed by atoms with Crippen molar-refractivity contribution in [1.82, 2.24) is 4.90 Å². The summed E-state index contributed by atoms with van der Waals surface area (Å²) in [6, 6.07) is 1.86. The summed E-state index contributed by atoms with van der Waals surface area (Å²) in [5.74, 6) is -1.53. The first-order valence-corrected chi connectivity index (χ1v) is 12.8. The van der Waals surface area contributed by atoms with Crippen molar-refractivity contribution in [2.45, 2.75) is 77.4 Å². The normalized spacial score (nSPS) is 31.0. The van der Waals surface area contributed by atoms with Crippen molar-refractivity contribution >= 4 is 11.9 Å². The number of carbonyl (C=O) groups is 2. The van der Waals surface area contributed by atoms with Crippen LogP contribution >= 0.6 is 0 Å². The summed E-state index contributed by atoms with van der Waals surface area (Å²) in [6.45, 7) is 11.0. The molecule has 1 aromatic rings. The molecule has 0 spiro atoms. The van der Waals surface area contributed by atoms with Gasteiger partial charge in [0, 0.05) is 31.1 Å². The van der Waals surface area contributed by atoms with E-state index in [1.165, 1.54) is 23.6 Å². The molecule has 192 valence electrons. The number of hydrogen-bond donors (Lipinski definition) is 1. The predicted molar refractivity (Wildman–Crippen MR) is 131 cm³/mol. The molecule has 1 heterocycles. The van der Waals surface area contributed by atoms with Crippen LogP contribution in [0.15, 0.2) is 24.3 Å². The second-order valence-corrected chi connectivity index (χ2v) is 11.1. The maximum Gasteiger partial charge on any atom is 0.326 e. The number of carboxylic acids is 1. The quantitative estimate of drug-likeness (QED) is 0.496. The number of hydrogen-bond acceptors (Lipinski definition) is 4. The third kappa shape index (κ3) is 5.11. The van der Waals surface area contributed by atoms with Gasteiger partial charge in [0.05, 0.1) is 18.3 Å². The number of likely N-dealkylation sites (tertiary alicyclic amines) is 1. The number of halogens is 1. The average molecular weight is 488 g/mol. The molecule has 1 N–H and O–H groups in total. The van der Waals surface area contributed by atoms with E-state index in [1.807, 2.05) is 0 Å². The van der Waals surface area contributed by atoms with Crippen LogP contribution < -0.4 is 4.74 Å². The number of methoxy groups -OCH3 is 1. The lowest BCUT2D eigenvalue weighted by Crippen LogP contribution is -2.43. The van der Waals surface area contributed by atoms with Crippen LogP contribution in [0.3, 0.4) is 0 Å². The molecule has 2 saturated carbocycles. The Morgan fingerprint density at radius 2 is 2.00 bits per heavy atom. The highest BCUT2D eigenvalue weighted by atomic mass is 19.1. The largest absolute Gasteiger partial charge is 0.493 e. The van der Waals surface area contributed by atoms with Gasteiger partial charge in [-0.05, 0) is 62.0 Å². The van der Waals surface area contributed by atoms with E-state index in [4.69, 9.17) is 9.47 Å². The number of rotatable bonds is 8. The molecule has 0 radical (unpaired) electrons. The Morgan fingerprint density at radius 3 is 2.57 bits per heavy atom. The Labute approximate surface area is 207 Å². The molecule has 1 amide bonds. The van der Waals surface area contributed by atoms with Gasteiger partial charge in [-0.2, -0.15) is 0 Å². The first-order chi connectivity index (χ1) is 16.6. The zero-order chi connectivity index (χ0) is 25.5. The molecule has 0 aromatic heterocycles. The van der Waals surface area contributed by atoms with Crippen molar-refractivity contribution in [1.29, 1.82) is 0 Å². The number of nitrogens with zero attached hydrogens (tertiary/aromatic N) is 1. The van der Waals surface area contributed by atoms with E-state index in [0.717, 1.165) is 44.1 Å². The van der Waals surface area contributed by atoms with Crippen LogP contribution in [0.1, 0.15) is 81.1 Å². The van der Waals surface area contributed by atoms with Crippen LogP contribution in [0.25, 0.3) is 0 Å². The van der Waals surface area contributed by atoms with E-state index in [9.17, 15) is 14.7 Å². The molecule has 2 aliphatic carbocycles. The molecule has 1 aliphatic heterocycles. The highest BCUT2D eigenvalue weighted by molar-refractivity contribution is 5.97. The highest BCUT2D eigenvalue weighted by Crippen LogP contribution is 2.48. The first-order valence-electron chi connectivity index (χ1n) is 12.8. The first kappa shape index (κ1) is 25.7. The smallest absolute Gasteiger partial charge is 0.326 e. The maximum atomic E-state index is 15.4. The van der Waals surface area contributed by atoms with Gasteiger partial charge in [-0.25, -0.2) is 9.18 Å². The molecule has 3 unspecified atom stereocenters. The summed E-state index contributed by atoms with van der Waals surface area (Å²) in [7, 11) is 1.50. The van der Waals surface area contributed by atoms with Gasteiger partial charge in [-0.15, -0.1) is 0 Å².